The van der Waals surface area contributed by atoms with E-state index in [2.05, 4.69) is 0 Å². The lowest BCUT2D eigenvalue weighted by molar-refractivity contribution is 0.406. The second kappa shape index (κ2) is 9.35. The van der Waals surface area contributed by atoms with Crippen LogP contribution in [-0.4, -0.2) is 30.6 Å². The molecule has 204 valence electrons. The second-order valence-electron chi connectivity index (χ2n) is 10.3. The molecule has 0 heterocycles. The van der Waals surface area contributed by atoms with Crippen LogP contribution in [0.5, 0.6) is 34.5 Å². The first-order chi connectivity index (χ1) is 20.3. The normalized spacial score (nSPS) is 11.4. The van der Waals surface area contributed by atoms with Crippen LogP contribution in [0.2, 0.25) is 0 Å². The third-order valence-electron chi connectivity index (χ3n) is 7.80. The van der Waals surface area contributed by atoms with Gasteiger partial charge < -0.3 is 30.6 Å². The lowest BCUT2D eigenvalue weighted by Crippen LogP contribution is -1.91. The number of benzene rings is 7. The van der Waals surface area contributed by atoms with Gasteiger partial charge in [0.2, 0.25) is 0 Å². The highest BCUT2D eigenvalue weighted by Gasteiger charge is 2.22. The summed E-state index contributed by atoms with van der Waals surface area (Å²) < 4.78 is 0. The van der Waals surface area contributed by atoms with E-state index in [0.29, 0.717) is 65.7 Å². The molecule has 6 heteroatoms. The van der Waals surface area contributed by atoms with Gasteiger partial charge in [0.05, 0.1) is 0 Å². The van der Waals surface area contributed by atoms with Gasteiger partial charge in [0.1, 0.15) is 0 Å². The van der Waals surface area contributed by atoms with Crippen LogP contribution in [0.15, 0.2) is 109 Å². The Hall–Kier alpha value is -5.88. The Bertz CT molecular complexity index is 1950. The number of phenolic OH excluding ortho intramolecular Hbond substituents is 6. The molecule has 6 nitrogen and oxygen atoms in total. The summed E-state index contributed by atoms with van der Waals surface area (Å²) in [6, 6.07) is 31.7. The molecular weight excluding hydrogens is 528 g/mol. The van der Waals surface area contributed by atoms with Gasteiger partial charge in [-0.3, -0.25) is 0 Å². The molecule has 0 aliphatic carbocycles. The highest BCUT2D eigenvalue weighted by molar-refractivity contribution is 6.08. The van der Waals surface area contributed by atoms with Crippen LogP contribution >= 0.6 is 0 Å². The maximum absolute atomic E-state index is 11.2. The number of hydrogen-bond donors (Lipinski definition) is 6. The van der Waals surface area contributed by atoms with E-state index >= 15 is 0 Å². The fourth-order valence-electron chi connectivity index (χ4n) is 5.90. The summed E-state index contributed by atoms with van der Waals surface area (Å²) in [5.74, 6) is -1.88. The van der Waals surface area contributed by atoms with E-state index in [1.807, 2.05) is 72.8 Å². The minimum absolute atomic E-state index is 0.299. The molecule has 0 aliphatic rings. The Balaban J connectivity index is 1.65. The largest absolute Gasteiger partial charge is 0.504 e. The Kier molecular flexibility index (Phi) is 5.59. The molecule has 0 saturated carbocycles. The van der Waals surface area contributed by atoms with E-state index in [0.717, 1.165) is 0 Å². The SMILES string of the molecule is Oc1cc2ccccc2c(-c2cc(-c3c(O)c(O)cc4ccccc34)cc(-c3c(O)c(O)cc4ccccc34)c2)c1O. The molecule has 7 aromatic carbocycles. The molecule has 0 fully saturated rings. The lowest BCUT2D eigenvalue weighted by Gasteiger charge is -2.18. The van der Waals surface area contributed by atoms with Crippen molar-refractivity contribution in [2.75, 3.05) is 0 Å². The second-order valence-corrected chi connectivity index (χ2v) is 10.3. The van der Waals surface area contributed by atoms with Crippen LogP contribution in [0.25, 0.3) is 65.7 Å². The first-order valence-corrected chi connectivity index (χ1v) is 13.3. The summed E-state index contributed by atoms with van der Waals surface area (Å²) in [4.78, 5) is 0. The predicted octanol–water partition coefficient (Wildman–Crippen LogP) is 8.38. The summed E-state index contributed by atoms with van der Waals surface area (Å²) in [7, 11) is 0. The van der Waals surface area contributed by atoms with Crippen LogP contribution < -0.4 is 0 Å². The molecule has 0 atom stereocenters. The smallest absolute Gasteiger partial charge is 0.166 e. The third kappa shape index (κ3) is 3.81. The predicted molar refractivity (Wildman–Crippen MR) is 165 cm³/mol. The monoisotopic (exact) mass is 552 g/mol. The van der Waals surface area contributed by atoms with E-state index in [9.17, 15) is 30.6 Å². The number of rotatable bonds is 3. The van der Waals surface area contributed by atoms with Crippen molar-refractivity contribution in [1.29, 1.82) is 0 Å². The molecule has 7 aromatic rings. The van der Waals surface area contributed by atoms with Crippen molar-refractivity contribution in [3.05, 3.63) is 109 Å². The Morgan fingerprint density at radius 3 is 0.857 bits per heavy atom. The number of fused-ring (bicyclic) bond motifs is 3. The molecule has 0 aliphatic heterocycles. The van der Waals surface area contributed by atoms with Crippen molar-refractivity contribution in [2.24, 2.45) is 0 Å². The fraction of sp³-hybridized carbons (Fsp3) is 0. The van der Waals surface area contributed by atoms with E-state index < -0.39 is 0 Å². The Morgan fingerprint density at radius 2 is 0.571 bits per heavy atom. The molecule has 7 rings (SSSR count). The van der Waals surface area contributed by atoms with Gasteiger partial charge in [-0.25, -0.2) is 0 Å². The minimum atomic E-state index is -0.327. The summed E-state index contributed by atoms with van der Waals surface area (Å²) >= 11 is 0. The number of hydrogen-bond acceptors (Lipinski definition) is 6. The number of phenols is 6. The quantitative estimate of drug-likeness (QED) is 0.122. The molecule has 0 spiro atoms. The Labute approximate surface area is 239 Å². The summed E-state index contributed by atoms with van der Waals surface area (Å²) in [5, 5.41) is 69.7. The molecule has 0 unspecified atom stereocenters. The van der Waals surface area contributed by atoms with Gasteiger partial charge in [0.25, 0.3) is 0 Å². The highest BCUT2D eigenvalue weighted by Crippen LogP contribution is 2.50. The van der Waals surface area contributed by atoms with Crippen LogP contribution in [0, 0.1) is 0 Å². The third-order valence-corrected chi connectivity index (χ3v) is 7.80. The first-order valence-electron chi connectivity index (χ1n) is 13.3. The number of aromatic hydroxyl groups is 6. The van der Waals surface area contributed by atoms with Crippen LogP contribution in [0.3, 0.4) is 0 Å². The van der Waals surface area contributed by atoms with E-state index in [1.54, 1.807) is 18.2 Å². The molecule has 0 aromatic heterocycles. The van der Waals surface area contributed by atoms with Gasteiger partial charge in [0, 0.05) is 16.7 Å². The molecular formula is C36H24O6. The summed E-state index contributed by atoms with van der Waals surface area (Å²) in [5.41, 5.74) is 2.48. The van der Waals surface area contributed by atoms with Crippen molar-refractivity contribution < 1.29 is 30.6 Å². The van der Waals surface area contributed by atoms with Crippen LogP contribution in [0.1, 0.15) is 0 Å². The van der Waals surface area contributed by atoms with Gasteiger partial charge in [-0.15, -0.1) is 0 Å². The summed E-state index contributed by atoms with van der Waals surface area (Å²) in [6.45, 7) is 0. The zero-order valence-corrected chi connectivity index (χ0v) is 22.1. The van der Waals surface area contributed by atoms with E-state index in [1.165, 1.54) is 18.2 Å². The zero-order chi connectivity index (χ0) is 29.1. The van der Waals surface area contributed by atoms with E-state index in [-0.39, 0.29) is 34.5 Å². The highest BCUT2D eigenvalue weighted by atomic mass is 16.3. The first kappa shape index (κ1) is 25.1. The van der Waals surface area contributed by atoms with Crippen molar-refractivity contribution in [3.63, 3.8) is 0 Å². The molecule has 42 heavy (non-hydrogen) atoms. The Morgan fingerprint density at radius 1 is 0.310 bits per heavy atom. The lowest BCUT2D eigenvalue weighted by atomic mass is 9.87. The van der Waals surface area contributed by atoms with Gasteiger partial charge in [0.15, 0.2) is 34.5 Å². The van der Waals surface area contributed by atoms with Gasteiger partial charge in [-0.1, -0.05) is 72.8 Å². The maximum Gasteiger partial charge on any atom is 0.166 e. The molecule has 0 saturated heterocycles. The van der Waals surface area contributed by atoms with Gasteiger partial charge in [-0.05, 0) is 85.4 Å². The topological polar surface area (TPSA) is 121 Å². The minimum Gasteiger partial charge on any atom is -0.504 e. The fourth-order valence-corrected chi connectivity index (χ4v) is 5.90. The van der Waals surface area contributed by atoms with Crippen molar-refractivity contribution >= 4 is 32.3 Å². The summed E-state index contributed by atoms with van der Waals surface area (Å²) in [6.07, 6.45) is 0. The standard InChI is InChI=1S/C36H24O6/c37-28-16-19-7-1-4-10-25(19)31(34(28)40)22-13-23(32-26-11-5-2-8-20(26)17-29(38)35(32)41)15-24(14-22)33-27-12-6-3-9-21(27)18-30(39)36(33)42/h1-18,37-42H. The average Bonchev–Trinajstić information content (AvgIpc) is 2.99. The maximum atomic E-state index is 11.2. The van der Waals surface area contributed by atoms with Gasteiger partial charge >= 0.3 is 0 Å². The molecule has 0 amide bonds. The average molecular weight is 553 g/mol. The van der Waals surface area contributed by atoms with Crippen LogP contribution in [-0.2, 0) is 0 Å². The van der Waals surface area contributed by atoms with Crippen molar-refractivity contribution in [3.8, 4) is 67.9 Å². The molecule has 0 bridgehead atoms. The molecule has 0 radical (unpaired) electrons. The van der Waals surface area contributed by atoms with Crippen molar-refractivity contribution in [1.82, 2.24) is 0 Å². The molecule has 6 N–H and O–H groups in total. The zero-order valence-electron chi connectivity index (χ0n) is 22.1. The van der Waals surface area contributed by atoms with Gasteiger partial charge in [-0.2, -0.15) is 0 Å². The van der Waals surface area contributed by atoms with E-state index in [4.69, 9.17) is 0 Å². The van der Waals surface area contributed by atoms with Crippen LogP contribution in [0.4, 0.5) is 0 Å². The van der Waals surface area contributed by atoms with Crippen molar-refractivity contribution in [2.45, 2.75) is 0 Å².